The molecule has 2 aromatic rings. The Balaban J connectivity index is 1.76. The van der Waals surface area contributed by atoms with E-state index in [1.807, 2.05) is 43.9 Å². The molecule has 0 radical (unpaired) electrons. The fourth-order valence-electron chi connectivity index (χ4n) is 2.26. The molecule has 1 heterocycles. The monoisotopic (exact) mass is 364 g/mol. The number of thiazole rings is 1. The molecule has 0 spiro atoms. The van der Waals surface area contributed by atoms with Gasteiger partial charge in [-0.25, -0.2) is 4.98 Å². The van der Waals surface area contributed by atoms with E-state index in [0.29, 0.717) is 0 Å². The van der Waals surface area contributed by atoms with Crippen LogP contribution in [0.15, 0.2) is 45.2 Å². The zero-order valence-electron chi connectivity index (χ0n) is 14.4. The van der Waals surface area contributed by atoms with E-state index in [1.54, 1.807) is 30.2 Å². The molecule has 1 aromatic heterocycles. The zero-order valence-corrected chi connectivity index (χ0v) is 16.0. The van der Waals surface area contributed by atoms with E-state index in [-0.39, 0.29) is 0 Å². The van der Waals surface area contributed by atoms with Gasteiger partial charge >= 0.3 is 0 Å². The summed E-state index contributed by atoms with van der Waals surface area (Å²) in [4.78, 5) is 10.7. The molecular weight excluding hydrogens is 340 g/mol. The summed E-state index contributed by atoms with van der Waals surface area (Å²) in [6.45, 7) is 1.64. The van der Waals surface area contributed by atoms with E-state index >= 15 is 0 Å². The molecule has 1 N–H and O–H groups in total. The Bertz CT molecular complexity index is 631. The van der Waals surface area contributed by atoms with Gasteiger partial charge in [0.2, 0.25) is 0 Å². The highest BCUT2D eigenvalue weighted by molar-refractivity contribution is 8.00. The zero-order chi connectivity index (χ0) is 17.2. The number of aliphatic imine (C=N–C) groups is 1. The summed E-state index contributed by atoms with van der Waals surface area (Å²) in [7, 11) is 5.55. The number of benzene rings is 1. The van der Waals surface area contributed by atoms with Crippen LogP contribution in [0.5, 0.6) is 5.75 Å². The first-order valence-corrected chi connectivity index (χ1v) is 9.67. The third-order valence-electron chi connectivity index (χ3n) is 3.41. The molecule has 2 rings (SSSR count). The summed E-state index contributed by atoms with van der Waals surface area (Å²) in [6, 6.07) is 8.07. The van der Waals surface area contributed by atoms with E-state index in [1.165, 1.54) is 0 Å². The second-order valence-corrected chi connectivity index (χ2v) is 7.38. The van der Waals surface area contributed by atoms with Crippen molar-refractivity contribution in [2.45, 2.75) is 17.3 Å². The van der Waals surface area contributed by atoms with Gasteiger partial charge in [0.25, 0.3) is 0 Å². The van der Waals surface area contributed by atoms with E-state index in [4.69, 9.17) is 4.74 Å². The number of para-hydroxylation sites is 1. The van der Waals surface area contributed by atoms with Crippen LogP contribution in [0.3, 0.4) is 0 Å². The molecule has 0 saturated carbocycles. The lowest BCUT2D eigenvalue weighted by molar-refractivity contribution is 0.396. The van der Waals surface area contributed by atoms with Gasteiger partial charge in [0.05, 0.1) is 7.11 Å². The minimum absolute atomic E-state index is 0.748. The van der Waals surface area contributed by atoms with Crippen molar-refractivity contribution in [3.8, 4) is 5.75 Å². The van der Waals surface area contributed by atoms with E-state index in [2.05, 4.69) is 26.3 Å². The van der Waals surface area contributed by atoms with Crippen molar-refractivity contribution in [1.29, 1.82) is 0 Å². The number of hydrogen-bond donors (Lipinski definition) is 1. The Kier molecular flexibility index (Phi) is 7.91. The van der Waals surface area contributed by atoms with Gasteiger partial charge in [-0.15, -0.1) is 11.3 Å². The van der Waals surface area contributed by atoms with Gasteiger partial charge in [0.15, 0.2) is 5.96 Å². The largest absolute Gasteiger partial charge is 0.496 e. The molecule has 0 bridgehead atoms. The molecule has 0 aliphatic carbocycles. The molecule has 0 saturated heterocycles. The standard InChI is InChI=1S/C17H24N4OS2/c1-18-16(19-9-6-11-23-17-20-10-12-24-17)21(2)13-14-7-4-5-8-15(14)22-3/h4-5,7-8,10,12H,6,9,11,13H2,1-3H3,(H,18,19). The second kappa shape index (κ2) is 10.2. The Morgan fingerprint density at radius 1 is 1.42 bits per heavy atom. The van der Waals surface area contributed by atoms with Crippen LogP contribution in [0.2, 0.25) is 0 Å². The summed E-state index contributed by atoms with van der Waals surface area (Å²) in [5.74, 6) is 2.84. The molecule has 24 heavy (non-hydrogen) atoms. The van der Waals surface area contributed by atoms with Gasteiger partial charge in [0, 0.05) is 50.1 Å². The van der Waals surface area contributed by atoms with Crippen molar-refractivity contribution >= 4 is 29.1 Å². The maximum atomic E-state index is 5.41. The Hall–Kier alpha value is -1.73. The summed E-state index contributed by atoms with van der Waals surface area (Å²) >= 11 is 3.49. The third kappa shape index (κ3) is 5.72. The average molecular weight is 365 g/mol. The summed E-state index contributed by atoms with van der Waals surface area (Å²) < 4.78 is 6.55. The van der Waals surface area contributed by atoms with Gasteiger partial charge < -0.3 is 15.0 Å². The Labute approximate surface area is 152 Å². The number of nitrogens with zero attached hydrogens (tertiary/aromatic N) is 3. The van der Waals surface area contributed by atoms with Gasteiger partial charge in [-0.1, -0.05) is 30.0 Å². The molecule has 1 aromatic carbocycles. The summed E-state index contributed by atoms with van der Waals surface area (Å²) in [6.07, 6.45) is 2.91. The second-order valence-electron chi connectivity index (χ2n) is 5.14. The molecule has 0 fully saturated rings. The molecule has 7 heteroatoms. The number of nitrogens with one attached hydrogen (secondary N) is 1. The van der Waals surface area contributed by atoms with Gasteiger partial charge in [-0.05, 0) is 12.5 Å². The van der Waals surface area contributed by atoms with Crippen LogP contribution in [0.4, 0.5) is 0 Å². The molecule has 0 unspecified atom stereocenters. The number of methoxy groups -OCH3 is 1. The minimum atomic E-state index is 0.748. The van der Waals surface area contributed by atoms with Crippen molar-refractivity contribution in [3.05, 3.63) is 41.4 Å². The SMILES string of the molecule is CN=C(NCCCSc1nccs1)N(C)Cc1ccccc1OC. The molecule has 0 aliphatic heterocycles. The number of aromatic nitrogens is 1. The van der Waals surface area contributed by atoms with Gasteiger partial charge in [-0.2, -0.15) is 0 Å². The molecular formula is C17H24N4OS2. The third-order valence-corrected chi connectivity index (χ3v) is 5.47. The molecule has 5 nitrogen and oxygen atoms in total. The van der Waals surface area contributed by atoms with Crippen LogP contribution in [0.1, 0.15) is 12.0 Å². The number of ether oxygens (including phenoxy) is 1. The molecule has 130 valence electrons. The maximum absolute atomic E-state index is 5.41. The lowest BCUT2D eigenvalue weighted by Gasteiger charge is -2.23. The summed E-state index contributed by atoms with van der Waals surface area (Å²) in [5, 5.41) is 5.42. The number of hydrogen-bond acceptors (Lipinski definition) is 5. The lowest BCUT2D eigenvalue weighted by atomic mass is 10.2. The van der Waals surface area contributed by atoms with Crippen molar-refractivity contribution in [3.63, 3.8) is 0 Å². The topological polar surface area (TPSA) is 49.8 Å². The van der Waals surface area contributed by atoms with Gasteiger partial charge in [0.1, 0.15) is 10.1 Å². The lowest BCUT2D eigenvalue weighted by Crippen LogP contribution is -2.39. The van der Waals surface area contributed by atoms with Crippen molar-refractivity contribution in [2.24, 2.45) is 4.99 Å². The number of rotatable bonds is 8. The fraction of sp³-hybridized carbons (Fsp3) is 0.412. The van der Waals surface area contributed by atoms with E-state index in [0.717, 1.165) is 46.9 Å². The van der Waals surface area contributed by atoms with Gasteiger partial charge in [-0.3, -0.25) is 4.99 Å². The molecule has 0 aliphatic rings. The predicted octanol–water partition coefficient (Wildman–Crippen LogP) is 3.34. The van der Waals surface area contributed by atoms with Crippen LogP contribution < -0.4 is 10.1 Å². The van der Waals surface area contributed by atoms with Crippen molar-refractivity contribution < 1.29 is 4.74 Å². The highest BCUT2D eigenvalue weighted by atomic mass is 32.2. The van der Waals surface area contributed by atoms with Crippen LogP contribution in [0, 0.1) is 0 Å². The maximum Gasteiger partial charge on any atom is 0.193 e. The first-order valence-electron chi connectivity index (χ1n) is 7.80. The van der Waals surface area contributed by atoms with E-state index in [9.17, 15) is 0 Å². The number of guanidine groups is 1. The normalized spacial score (nSPS) is 11.4. The molecule has 0 atom stereocenters. The quantitative estimate of drug-likeness (QED) is 0.337. The minimum Gasteiger partial charge on any atom is -0.496 e. The van der Waals surface area contributed by atoms with Crippen molar-refractivity contribution in [1.82, 2.24) is 15.2 Å². The highest BCUT2D eigenvalue weighted by Gasteiger charge is 2.09. The van der Waals surface area contributed by atoms with E-state index < -0.39 is 0 Å². The summed E-state index contributed by atoms with van der Waals surface area (Å²) in [5.41, 5.74) is 1.14. The first kappa shape index (κ1) is 18.6. The van der Waals surface area contributed by atoms with Crippen LogP contribution >= 0.6 is 23.1 Å². The average Bonchev–Trinajstić information content (AvgIpc) is 3.12. The fourth-order valence-corrected chi connectivity index (χ4v) is 3.91. The number of thioether (sulfide) groups is 1. The van der Waals surface area contributed by atoms with Crippen molar-refractivity contribution in [2.75, 3.05) is 33.5 Å². The first-order chi connectivity index (χ1) is 11.7. The van der Waals surface area contributed by atoms with Crippen LogP contribution in [-0.4, -0.2) is 49.3 Å². The Morgan fingerprint density at radius 2 is 2.25 bits per heavy atom. The van der Waals surface area contributed by atoms with Crippen LogP contribution in [0.25, 0.3) is 0 Å². The Morgan fingerprint density at radius 3 is 2.96 bits per heavy atom. The van der Waals surface area contributed by atoms with Crippen LogP contribution in [-0.2, 0) is 6.54 Å². The highest BCUT2D eigenvalue weighted by Crippen LogP contribution is 2.20. The smallest absolute Gasteiger partial charge is 0.193 e. The molecule has 0 amide bonds. The predicted molar refractivity (Wildman–Crippen MR) is 103 cm³/mol.